The predicted molar refractivity (Wildman–Crippen MR) is 84.7 cm³/mol. The second-order valence-electron chi connectivity index (χ2n) is 4.84. The number of carboxylic acids is 1. The first kappa shape index (κ1) is 16.3. The van der Waals surface area contributed by atoms with Crippen molar-refractivity contribution in [3.8, 4) is 0 Å². The molecule has 1 aromatic heterocycles. The molecule has 116 valence electrons. The maximum Gasteiger partial charge on any atom is 0.327 e. The Morgan fingerprint density at radius 3 is 2.90 bits per heavy atom. The molecule has 1 N–H and O–H groups in total. The minimum atomic E-state index is -0.953. The molecule has 7 heteroatoms. The summed E-state index contributed by atoms with van der Waals surface area (Å²) in [4.78, 5) is 25.4. The molecule has 2 heterocycles. The van der Waals surface area contributed by atoms with Gasteiger partial charge in [-0.2, -0.15) is 11.8 Å². The van der Waals surface area contributed by atoms with E-state index in [-0.39, 0.29) is 17.0 Å². The van der Waals surface area contributed by atoms with Crippen LogP contribution >= 0.6 is 23.5 Å². The van der Waals surface area contributed by atoms with Crippen LogP contribution in [0.5, 0.6) is 0 Å². The number of furan rings is 1. The van der Waals surface area contributed by atoms with Gasteiger partial charge in [-0.25, -0.2) is 4.79 Å². The van der Waals surface area contributed by atoms with Gasteiger partial charge in [0.1, 0.15) is 11.8 Å². The lowest BCUT2D eigenvalue weighted by Gasteiger charge is -2.26. The largest absolute Gasteiger partial charge is 0.480 e. The van der Waals surface area contributed by atoms with Gasteiger partial charge >= 0.3 is 5.97 Å². The Balaban J connectivity index is 2.21. The van der Waals surface area contributed by atoms with Crippen LogP contribution in [0.15, 0.2) is 16.5 Å². The summed E-state index contributed by atoms with van der Waals surface area (Å²) >= 11 is 3.14. The van der Waals surface area contributed by atoms with E-state index in [1.54, 1.807) is 23.9 Å². The maximum atomic E-state index is 12.6. The number of thioether (sulfide) groups is 2. The average molecular weight is 329 g/mol. The molecule has 0 aromatic carbocycles. The van der Waals surface area contributed by atoms with Crippen LogP contribution in [-0.4, -0.2) is 45.3 Å². The highest BCUT2D eigenvalue weighted by molar-refractivity contribution is 8.00. The van der Waals surface area contributed by atoms with E-state index in [1.807, 2.05) is 13.2 Å². The lowest BCUT2D eigenvalue weighted by atomic mass is 10.2. The zero-order valence-electron chi connectivity index (χ0n) is 12.1. The monoisotopic (exact) mass is 329 g/mol. The van der Waals surface area contributed by atoms with Crippen molar-refractivity contribution < 1.29 is 19.1 Å². The molecular weight excluding hydrogens is 310 g/mol. The Kier molecular flexibility index (Phi) is 5.64. The molecule has 5 nitrogen and oxygen atoms in total. The van der Waals surface area contributed by atoms with Crippen LogP contribution < -0.4 is 0 Å². The standard InChI is InChI=1S/C14H19NO4S2/c1-3-4-12-15(10(8-21-12)14(17)18)13(16)11-6-5-9(19-11)7-20-2/h5-6,10,12H,3-4,7-8H2,1-2H3,(H,17,18). The van der Waals surface area contributed by atoms with E-state index >= 15 is 0 Å². The maximum absolute atomic E-state index is 12.6. The quantitative estimate of drug-likeness (QED) is 0.865. The van der Waals surface area contributed by atoms with Gasteiger partial charge in [-0.3, -0.25) is 4.79 Å². The predicted octanol–water partition coefficient (Wildman–Crippen LogP) is 2.91. The van der Waals surface area contributed by atoms with Gasteiger partial charge in [0.2, 0.25) is 0 Å². The van der Waals surface area contributed by atoms with Gasteiger partial charge in [0, 0.05) is 5.75 Å². The molecule has 1 fully saturated rings. The van der Waals surface area contributed by atoms with Gasteiger partial charge in [0.05, 0.1) is 11.1 Å². The van der Waals surface area contributed by atoms with E-state index < -0.39 is 12.0 Å². The summed E-state index contributed by atoms with van der Waals surface area (Å²) in [7, 11) is 0. The first-order valence-corrected chi connectivity index (χ1v) is 9.27. The summed E-state index contributed by atoms with van der Waals surface area (Å²) in [5.74, 6) is 0.821. The highest BCUT2D eigenvalue weighted by Gasteiger charge is 2.42. The second-order valence-corrected chi connectivity index (χ2v) is 6.92. The first-order chi connectivity index (χ1) is 10.1. The van der Waals surface area contributed by atoms with Crippen LogP contribution in [0.1, 0.15) is 36.1 Å². The molecule has 0 spiro atoms. The molecule has 0 saturated carbocycles. The van der Waals surface area contributed by atoms with E-state index in [0.29, 0.717) is 11.5 Å². The van der Waals surface area contributed by atoms with Crippen LogP contribution in [0.25, 0.3) is 0 Å². The van der Waals surface area contributed by atoms with Gasteiger partial charge < -0.3 is 14.4 Å². The molecule has 1 saturated heterocycles. The SMILES string of the molecule is CCCC1SCC(C(=O)O)N1C(=O)c1ccc(CSC)o1. The number of aliphatic carboxylic acids is 1. The molecule has 21 heavy (non-hydrogen) atoms. The fourth-order valence-corrected chi connectivity index (χ4v) is 4.29. The van der Waals surface area contributed by atoms with Gasteiger partial charge in [0.25, 0.3) is 5.91 Å². The van der Waals surface area contributed by atoms with E-state index in [0.717, 1.165) is 18.6 Å². The molecule has 1 aliphatic heterocycles. The number of carboxylic acid groups (broad SMARTS) is 1. The Labute approximate surface area is 132 Å². The zero-order chi connectivity index (χ0) is 15.4. The molecular formula is C14H19NO4S2. The third-order valence-corrected chi connectivity index (χ3v) is 5.24. The van der Waals surface area contributed by atoms with Crippen molar-refractivity contribution in [2.24, 2.45) is 0 Å². The highest BCUT2D eigenvalue weighted by Crippen LogP contribution is 2.34. The molecule has 2 rings (SSSR count). The molecule has 0 aliphatic carbocycles. The van der Waals surface area contributed by atoms with Crippen molar-refractivity contribution in [2.45, 2.75) is 36.9 Å². The number of carbonyl (C=O) groups excluding carboxylic acids is 1. The minimum Gasteiger partial charge on any atom is -0.480 e. The lowest BCUT2D eigenvalue weighted by molar-refractivity contribution is -0.141. The van der Waals surface area contributed by atoms with Gasteiger partial charge in [-0.1, -0.05) is 13.3 Å². The third kappa shape index (κ3) is 3.58. The third-order valence-electron chi connectivity index (χ3n) is 3.31. The fourth-order valence-electron chi connectivity index (χ4n) is 2.34. The average Bonchev–Trinajstić information content (AvgIpc) is 3.06. The lowest BCUT2D eigenvalue weighted by Crippen LogP contribution is -2.45. The topological polar surface area (TPSA) is 70.8 Å². The van der Waals surface area contributed by atoms with Crippen molar-refractivity contribution in [3.05, 3.63) is 23.7 Å². The number of hydrogen-bond acceptors (Lipinski definition) is 5. The Bertz CT molecular complexity index is 517. The normalized spacial score (nSPS) is 21.7. The van der Waals surface area contributed by atoms with E-state index in [2.05, 4.69) is 0 Å². The van der Waals surface area contributed by atoms with Crippen LogP contribution in [0.3, 0.4) is 0 Å². The van der Waals surface area contributed by atoms with Crippen LogP contribution in [0, 0.1) is 0 Å². The molecule has 1 aliphatic rings. The molecule has 2 unspecified atom stereocenters. The molecule has 0 radical (unpaired) electrons. The van der Waals surface area contributed by atoms with E-state index in [1.165, 1.54) is 16.7 Å². The van der Waals surface area contributed by atoms with Crippen molar-refractivity contribution in [1.82, 2.24) is 4.90 Å². The van der Waals surface area contributed by atoms with Crippen LogP contribution in [-0.2, 0) is 10.5 Å². The minimum absolute atomic E-state index is 0.0855. The fraction of sp³-hybridized carbons (Fsp3) is 0.571. The summed E-state index contributed by atoms with van der Waals surface area (Å²) < 4.78 is 5.54. The molecule has 1 aromatic rings. The second kappa shape index (κ2) is 7.26. The number of carbonyl (C=O) groups is 2. The molecule has 1 amide bonds. The highest BCUT2D eigenvalue weighted by atomic mass is 32.2. The summed E-state index contributed by atoms with van der Waals surface area (Å²) in [5.41, 5.74) is 0. The van der Waals surface area contributed by atoms with Crippen molar-refractivity contribution in [1.29, 1.82) is 0 Å². The summed E-state index contributed by atoms with van der Waals surface area (Å²) in [6.07, 6.45) is 3.65. The smallest absolute Gasteiger partial charge is 0.327 e. The number of hydrogen-bond donors (Lipinski definition) is 1. The van der Waals surface area contributed by atoms with Gasteiger partial charge in [-0.15, -0.1) is 11.8 Å². The van der Waals surface area contributed by atoms with Crippen LogP contribution in [0.2, 0.25) is 0 Å². The van der Waals surface area contributed by atoms with Crippen molar-refractivity contribution >= 4 is 35.4 Å². The van der Waals surface area contributed by atoms with Gasteiger partial charge in [-0.05, 0) is 24.8 Å². The summed E-state index contributed by atoms with van der Waals surface area (Å²) in [5, 5.41) is 9.23. The van der Waals surface area contributed by atoms with E-state index in [4.69, 9.17) is 4.42 Å². The summed E-state index contributed by atoms with van der Waals surface area (Å²) in [6.45, 7) is 2.03. The number of nitrogens with zero attached hydrogens (tertiary/aromatic N) is 1. The van der Waals surface area contributed by atoms with Crippen molar-refractivity contribution in [3.63, 3.8) is 0 Å². The van der Waals surface area contributed by atoms with E-state index in [9.17, 15) is 14.7 Å². The zero-order valence-corrected chi connectivity index (χ0v) is 13.7. The Hall–Kier alpha value is -1.08. The Morgan fingerprint density at radius 1 is 1.52 bits per heavy atom. The Morgan fingerprint density at radius 2 is 2.29 bits per heavy atom. The first-order valence-electron chi connectivity index (χ1n) is 6.83. The van der Waals surface area contributed by atoms with Crippen LogP contribution in [0.4, 0.5) is 0 Å². The molecule has 0 bridgehead atoms. The molecule has 2 atom stereocenters. The number of rotatable bonds is 6. The van der Waals surface area contributed by atoms with Crippen molar-refractivity contribution in [2.75, 3.05) is 12.0 Å². The summed E-state index contributed by atoms with van der Waals surface area (Å²) in [6, 6.07) is 2.64. The number of amides is 1. The van der Waals surface area contributed by atoms with Gasteiger partial charge in [0.15, 0.2) is 5.76 Å².